The maximum atomic E-state index is 11.9. The fraction of sp³-hybridized carbons (Fsp3) is 0.167. The molecular formula is C18H16N2O4. The number of carbonyl (C=O) groups excluding carboxylic acids is 2. The van der Waals surface area contributed by atoms with Crippen LogP contribution >= 0.6 is 0 Å². The summed E-state index contributed by atoms with van der Waals surface area (Å²) in [6.45, 7) is 3.29. The zero-order valence-electron chi connectivity index (χ0n) is 13.3. The topological polar surface area (TPSA) is 92.3 Å². The first-order valence-corrected chi connectivity index (χ1v) is 7.19. The van der Waals surface area contributed by atoms with E-state index in [4.69, 9.17) is 14.4 Å². The number of hydrogen-bond donors (Lipinski definition) is 1. The number of carbonyl (C=O) groups is 2. The van der Waals surface area contributed by atoms with Gasteiger partial charge < -0.3 is 14.5 Å². The molecule has 0 atom stereocenters. The van der Waals surface area contributed by atoms with Crippen LogP contribution in [0.5, 0.6) is 0 Å². The molecule has 6 nitrogen and oxygen atoms in total. The van der Waals surface area contributed by atoms with Crippen LogP contribution in [0.3, 0.4) is 0 Å². The molecule has 0 aliphatic rings. The number of aryl methyl sites for hydroxylation is 2. The SMILES string of the molecule is Cc1ccc(C)c(NC(=O)COC(=O)/C(C#N)=C/c2ccco2)c1. The molecule has 1 aromatic heterocycles. The minimum absolute atomic E-state index is 0.246. The average molecular weight is 324 g/mol. The van der Waals surface area contributed by atoms with Gasteiger partial charge in [0.1, 0.15) is 17.4 Å². The highest BCUT2D eigenvalue weighted by Gasteiger charge is 2.14. The number of nitrogens with zero attached hydrogens (tertiary/aromatic N) is 1. The van der Waals surface area contributed by atoms with E-state index in [1.807, 2.05) is 32.0 Å². The molecule has 0 unspecified atom stereocenters. The van der Waals surface area contributed by atoms with Crippen molar-refractivity contribution in [1.29, 1.82) is 5.26 Å². The lowest BCUT2D eigenvalue weighted by molar-refractivity contribution is -0.142. The van der Waals surface area contributed by atoms with E-state index in [9.17, 15) is 9.59 Å². The Labute approximate surface area is 139 Å². The number of amides is 1. The fourth-order valence-corrected chi connectivity index (χ4v) is 1.92. The molecule has 2 rings (SSSR count). The van der Waals surface area contributed by atoms with Crippen molar-refractivity contribution in [3.8, 4) is 6.07 Å². The predicted molar refractivity (Wildman–Crippen MR) is 87.8 cm³/mol. The molecular weight excluding hydrogens is 308 g/mol. The lowest BCUT2D eigenvalue weighted by atomic mass is 10.1. The number of hydrogen-bond acceptors (Lipinski definition) is 5. The largest absolute Gasteiger partial charge is 0.465 e. The van der Waals surface area contributed by atoms with Gasteiger partial charge in [-0.05, 0) is 43.2 Å². The Bertz CT molecular complexity index is 814. The standard InChI is InChI=1S/C18H16N2O4/c1-12-5-6-13(2)16(8-12)20-17(21)11-24-18(22)14(10-19)9-15-4-3-7-23-15/h3-9H,11H2,1-2H3,(H,20,21)/b14-9+. The second-order valence-corrected chi connectivity index (χ2v) is 5.13. The van der Waals surface area contributed by atoms with E-state index in [0.717, 1.165) is 11.1 Å². The van der Waals surface area contributed by atoms with Crippen LogP contribution in [0.15, 0.2) is 46.6 Å². The Kier molecular flexibility index (Phi) is 5.53. The fourth-order valence-electron chi connectivity index (χ4n) is 1.92. The van der Waals surface area contributed by atoms with E-state index in [1.54, 1.807) is 18.2 Å². The summed E-state index contributed by atoms with van der Waals surface area (Å²) in [5.74, 6) is -1.01. The molecule has 0 spiro atoms. The van der Waals surface area contributed by atoms with Crippen molar-refractivity contribution in [2.45, 2.75) is 13.8 Å². The van der Waals surface area contributed by atoms with Crippen LogP contribution in [-0.2, 0) is 14.3 Å². The monoisotopic (exact) mass is 324 g/mol. The highest BCUT2D eigenvalue weighted by molar-refractivity contribution is 6.00. The molecule has 1 heterocycles. The number of nitriles is 1. The Morgan fingerprint density at radius 3 is 2.79 bits per heavy atom. The number of furan rings is 1. The van der Waals surface area contributed by atoms with Crippen molar-refractivity contribution in [2.24, 2.45) is 0 Å². The minimum Gasteiger partial charge on any atom is -0.465 e. The van der Waals surface area contributed by atoms with Gasteiger partial charge in [0.2, 0.25) is 0 Å². The summed E-state index contributed by atoms with van der Waals surface area (Å²) in [4.78, 5) is 23.7. The van der Waals surface area contributed by atoms with E-state index >= 15 is 0 Å². The molecule has 0 fully saturated rings. The molecule has 6 heteroatoms. The first-order chi connectivity index (χ1) is 11.5. The molecule has 0 aliphatic carbocycles. The van der Waals surface area contributed by atoms with Crippen LogP contribution in [0.4, 0.5) is 5.69 Å². The molecule has 122 valence electrons. The number of benzene rings is 1. The van der Waals surface area contributed by atoms with Crippen molar-refractivity contribution in [3.63, 3.8) is 0 Å². The zero-order valence-corrected chi connectivity index (χ0v) is 13.3. The lowest BCUT2D eigenvalue weighted by Gasteiger charge is -2.09. The van der Waals surface area contributed by atoms with Gasteiger partial charge in [-0.2, -0.15) is 5.26 Å². The summed E-state index contributed by atoms with van der Waals surface area (Å²) in [7, 11) is 0. The van der Waals surface area contributed by atoms with Crippen molar-refractivity contribution < 1.29 is 18.7 Å². The summed E-state index contributed by atoms with van der Waals surface area (Å²) >= 11 is 0. The molecule has 0 aliphatic heterocycles. The molecule has 0 saturated heterocycles. The number of nitrogens with one attached hydrogen (secondary N) is 1. The van der Waals surface area contributed by atoms with Gasteiger partial charge in [-0.1, -0.05) is 12.1 Å². The van der Waals surface area contributed by atoms with Gasteiger partial charge in [0, 0.05) is 11.8 Å². The third kappa shape index (κ3) is 4.58. The summed E-state index contributed by atoms with van der Waals surface area (Å²) in [6.07, 6.45) is 2.68. The van der Waals surface area contributed by atoms with E-state index in [0.29, 0.717) is 11.4 Å². The number of esters is 1. The Hall–Kier alpha value is -3.33. The van der Waals surface area contributed by atoms with Crippen LogP contribution in [0.1, 0.15) is 16.9 Å². The summed E-state index contributed by atoms with van der Waals surface area (Å²) in [6, 6.07) is 10.6. The molecule has 0 saturated carbocycles. The molecule has 1 amide bonds. The first-order valence-electron chi connectivity index (χ1n) is 7.19. The molecule has 24 heavy (non-hydrogen) atoms. The van der Waals surface area contributed by atoms with E-state index < -0.39 is 18.5 Å². The van der Waals surface area contributed by atoms with Gasteiger partial charge >= 0.3 is 5.97 Å². The first kappa shape index (κ1) is 17.0. The highest BCUT2D eigenvalue weighted by Crippen LogP contribution is 2.16. The molecule has 0 bridgehead atoms. The summed E-state index contributed by atoms with van der Waals surface area (Å²) in [5.41, 5.74) is 2.31. The highest BCUT2D eigenvalue weighted by atomic mass is 16.5. The van der Waals surface area contributed by atoms with E-state index in [1.165, 1.54) is 12.3 Å². The Morgan fingerprint density at radius 2 is 2.12 bits per heavy atom. The number of ether oxygens (including phenoxy) is 1. The third-order valence-electron chi connectivity index (χ3n) is 3.17. The van der Waals surface area contributed by atoms with Crippen molar-refractivity contribution in [1.82, 2.24) is 0 Å². The normalized spacial score (nSPS) is 10.8. The van der Waals surface area contributed by atoms with Crippen LogP contribution in [0.25, 0.3) is 6.08 Å². The van der Waals surface area contributed by atoms with Gasteiger partial charge in [-0.25, -0.2) is 4.79 Å². The van der Waals surface area contributed by atoms with Crippen LogP contribution < -0.4 is 5.32 Å². The number of anilines is 1. The number of rotatable bonds is 5. The predicted octanol–water partition coefficient (Wildman–Crippen LogP) is 2.99. The lowest BCUT2D eigenvalue weighted by Crippen LogP contribution is -2.21. The van der Waals surface area contributed by atoms with Gasteiger partial charge in [-0.3, -0.25) is 4.79 Å². The van der Waals surface area contributed by atoms with Gasteiger partial charge in [0.15, 0.2) is 6.61 Å². The van der Waals surface area contributed by atoms with Crippen molar-refractivity contribution in [3.05, 3.63) is 59.1 Å². The summed E-state index contributed by atoms with van der Waals surface area (Å²) in [5, 5.41) is 11.7. The second-order valence-electron chi connectivity index (χ2n) is 5.13. The quantitative estimate of drug-likeness (QED) is 0.518. The molecule has 1 aromatic carbocycles. The van der Waals surface area contributed by atoms with Crippen LogP contribution in [0, 0.1) is 25.2 Å². The van der Waals surface area contributed by atoms with Gasteiger partial charge in [0.25, 0.3) is 5.91 Å². The second kappa shape index (κ2) is 7.79. The third-order valence-corrected chi connectivity index (χ3v) is 3.17. The molecule has 0 radical (unpaired) electrons. The maximum Gasteiger partial charge on any atom is 0.349 e. The van der Waals surface area contributed by atoms with E-state index in [2.05, 4.69) is 5.32 Å². The molecule has 2 aromatic rings. The average Bonchev–Trinajstić information content (AvgIpc) is 3.07. The van der Waals surface area contributed by atoms with E-state index in [-0.39, 0.29) is 5.57 Å². The van der Waals surface area contributed by atoms with Crippen LogP contribution in [-0.4, -0.2) is 18.5 Å². The molecule has 1 N–H and O–H groups in total. The van der Waals surface area contributed by atoms with Gasteiger partial charge in [-0.15, -0.1) is 0 Å². The Balaban J connectivity index is 1.94. The zero-order chi connectivity index (χ0) is 17.5. The van der Waals surface area contributed by atoms with Crippen LogP contribution in [0.2, 0.25) is 0 Å². The van der Waals surface area contributed by atoms with Crippen molar-refractivity contribution >= 4 is 23.6 Å². The summed E-state index contributed by atoms with van der Waals surface area (Å²) < 4.78 is 9.89. The Morgan fingerprint density at radius 1 is 1.33 bits per heavy atom. The van der Waals surface area contributed by atoms with Crippen molar-refractivity contribution in [2.75, 3.05) is 11.9 Å². The smallest absolute Gasteiger partial charge is 0.349 e. The minimum atomic E-state index is -0.884. The maximum absolute atomic E-state index is 11.9. The van der Waals surface area contributed by atoms with Gasteiger partial charge in [0.05, 0.1) is 6.26 Å².